The van der Waals surface area contributed by atoms with E-state index >= 15 is 0 Å². The first-order valence-electron chi connectivity index (χ1n) is 5.42. The number of nitrogens with zero attached hydrogens (tertiary/aromatic N) is 3. The largest absolute Gasteiger partial charge is 0.331 e. The normalized spacial score (nSPS) is 11.9. The quantitative estimate of drug-likeness (QED) is 0.889. The number of amides is 2. The number of hydrogen-bond acceptors (Lipinski definition) is 5. The molecule has 0 aliphatic heterocycles. The van der Waals surface area contributed by atoms with Crippen LogP contribution in [0.25, 0.3) is 0 Å². The van der Waals surface area contributed by atoms with E-state index < -0.39 is 0 Å². The Labute approximate surface area is 108 Å². The minimum atomic E-state index is -0.303. The van der Waals surface area contributed by atoms with Crippen LogP contribution in [-0.2, 0) is 0 Å². The molecule has 0 aromatic carbocycles. The molecule has 18 heavy (non-hydrogen) atoms. The Morgan fingerprint density at radius 2 is 2.28 bits per heavy atom. The van der Waals surface area contributed by atoms with Gasteiger partial charge < -0.3 is 5.32 Å². The van der Waals surface area contributed by atoms with Crippen molar-refractivity contribution in [2.75, 3.05) is 5.32 Å². The molecule has 2 N–H and O–H groups in total. The Morgan fingerprint density at radius 1 is 1.44 bits per heavy atom. The molecule has 0 saturated heterocycles. The number of hydrogen-bond donors (Lipinski definition) is 2. The minimum absolute atomic E-state index is 0.118. The molecule has 2 aromatic heterocycles. The molecular weight excluding hydrogens is 250 g/mol. The average molecular weight is 263 g/mol. The Hall–Kier alpha value is -2.02. The van der Waals surface area contributed by atoms with Crippen LogP contribution in [0.4, 0.5) is 9.93 Å². The van der Waals surface area contributed by atoms with Gasteiger partial charge >= 0.3 is 6.03 Å². The summed E-state index contributed by atoms with van der Waals surface area (Å²) in [6.45, 7) is 3.72. The molecule has 2 amide bonds. The van der Waals surface area contributed by atoms with E-state index in [9.17, 15) is 4.79 Å². The summed E-state index contributed by atoms with van der Waals surface area (Å²) < 4.78 is 0. The lowest BCUT2D eigenvalue weighted by molar-refractivity contribution is 0.249. The first-order valence-corrected chi connectivity index (χ1v) is 6.24. The lowest BCUT2D eigenvalue weighted by Crippen LogP contribution is -2.31. The molecule has 94 valence electrons. The molecule has 0 bridgehead atoms. The van der Waals surface area contributed by atoms with Crippen LogP contribution in [0.5, 0.6) is 0 Å². The summed E-state index contributed by atoms with van der Waals surface area (Å²) in [6.07, 6.45) is 3.42. The number of rotatable bonds is 3. The first kappa shape index (κ1) is 12.4. The van der Waals surface area contributed by atoms with Gasteiger partial charge in [0.2, 0.25) is 5.13 Å². The molecule has 0 aliphatic rings. The van der Waals surface area contributed by atoms with Crippen LogP contribution in [0.2, 0.25) is 0 Å². The molecule has 1 unspecified atom stereocenters. The number of carbonyl (C=O) groups excluding carboxylic acids is 1. The maximum Gasteiger partial charge on any atom is 0.321 e. The predicted molar refractivity (Wildman–Crippen MR) is 69.5 cm³/mol. The van der Waals surface area contributed by atoms with Crippen molar-refractivity contribution in [1.29, 1.82) is 0 Å². The van der Waals surface area contributed by atoms with Crippen molar-refractivity contribution >= 4 is 22.5 Å². The molecule has 2 rings (SSSR count). The van der Waals surface area contributed by atoms with Gasteiger partial charge in [0.1, 0.15) is 5.01 Å². The number of nitrogens with one attached hydrogen (secondary N) is 2. The van der Waals surface area contributed by atoms with Crippen LogP contribution in [-0.4, -0.2) is 21.2 Å². The Bertz CT molecular complexity index is 527. The SMILES string of the molecule is Cc1nnc(NC(=O)NC(C)c2cccnc2)s1. The summed E-state index contributed by atoms with van der Waals surface area (Å²) in [6, 6.07) is 3.32. The highest BCUT2D eigenvalue weighted by Gasteiger charge is 2.11. The summed E-state index contributed by atoms with van der Waals surface area (Å²) in [5.41, 5.74) is 0.945. The lowest BCUT2D eigenvalue weighted by Gasteiger charge is -2.13. The lowest BCUT2D eigenvalue weighted by atomic mass is 10.1. The Kier molecular flexibility index (Phi) is 3.83. The van der Waals surface area contributed by atoms with E-state index in [1.807, 2.05) is 26.0 Å². The van der Waals surface area contributed by atoms with Gasteiger partial charge in [-0.2, -0.15) is 0 Å². The van der Waals surface area contributed by atoms with Crippen LogP contribution >= 0.6 is 11.3 Å². The van der Waals surface area contributed by atoms with E-state index in [0.29, 0.717) is 5.13 Å². The maximum atomic E-state index is 11.7. The fourth-order valence-corrected chi connectivity index (χ4v) is 1.98. The maximum absolute atomic E-state index is 11.7. The summed E-state index contributed by atoms with van der Waals surface area (Å²) >= 11 is 1.33. The molecule has 1 atom stereocenters. The monoisotopic (exact) mass is 263 g/mol. The zero-order valence-corrected chi connectivity index (χ0v) is 10.9. The summed E-state index contributed by atoms with van der Waals surface area (Å²) in [5, 5.41) is 14.4. The van der Waals surface area contributed by atoms with Gasteiger partial charge in [0.05, 0.1) is 6.04 Å². The number of carbonyl (C=O) groups is 1. The number of aryl methyl sites for hydroxylation is 1. The number of anilines is 1. The fraction of sp³-hybridized carbons (Fsp3) is 0.273. The molecule has 7 heteroatoms. The molecule has 0 saturated carbocycles. The second kappa shape index (κ2) is 5.54. The van der Waals surface area contributed by atoms with Gasteiger partial charge in [-0.15, -0.1) is 10.2 Å². The summed E-state index contributed by atoms with van der Waals surface area (Å²) in [4.78, 5) is 15.7. The van der Waals surface area contributed by atoms with Crippen molar-refractivity contribution in [1.82, 2.24) is 20.5 Å². The van der Waals surface area contributed by atoms with Gasteiger partial charge in [-0.25, -0.2) is 4.79 Å². The van der Waals surface area contributed by atoms with Crippen LogP contribution < -0.4 is 10.6 Å². The molecule has 2 aromatic rings. The average Bonchev–Trinajstić information content (AvgIpc) is 2.75. The predicted octanol–water partition coefficient (Wildman–Crippen LogP) is 2.12. The van der Waals surface area contributed by atoms with Crippen molar-refractivity contribution in [2.24, 2.45) is 0 Å². The molecule has 6 nitrogen and oxygen atoms in total. The highest BCUT2D eigenvalue weighted by atomic mass is 32.1. The number of pyridine rings is 1. The third-order valence-electron chi connectivity index (χ3n) is 2.28. The van der Waals surface area contributed by atoms with Crippen molar-refractivity contribution < 1.29 is 4.79 Å². The molecular formula is C11H13N5OS. The first-order chi connectivity index (χ1) is 8.65. The van der Waals surface area contributed by atoms with E-state index in [1.165, 1.54) is 11.3 Å². The van der Waals surface area contributed by atoms with E-state index in [2.05, 4.69) is 25.8 Å². The van der Waals surface area contributed by atoms with Gasteiger partial charge in [0.25, 0.3) is 0 Å². The molecule has 2 heterocycles. The number of urea groups is 1. The highest BCUT2D eigenvalue weighted by molar-refractivity contribution is 7.15. The minimum Gasteiger partial charge on any atom is -0.331 e. The smallest absolute Gasteiger partial charge is 0.321 e. The van der Waals surface area contributed by atoms with E-state index in [-0.39, 0.29) is 12.1 Å². The third-order valence-corrected chi connectivity index (χ3v) is 3.03. The zero-order chi connectivity index (χ0) is 13.0. The zero-order valence-electron chi connectivity index (χ0n) is 10.0. The van der Waals surface area contributed by atoms with Crippen LogP contribution in [0.15, 0.2) is 24.5 Å². The highest BCUT2D eigenvalue weighted by Crippen LogP contribution is 2.14. The van der Waals surface area contributed by atoms with Gasteiger partial charge in [0.15, 0.2) is 0 Å². The van der Waals surface area contributed by atoms with Crippen LogP contribution in [0.3, 0.4) is 0 Å². The van der Waals surface area contributed by atoms with Gasteiger partial charge in [-0.3, -0.25) is 10.3 Å². The van der Waals surface area contributed by atoms with E-state index in [1.54, 1.807) is 12.4 Å². The molecule has 0 aliphatic carbocycles. The molecule has 0 radical (unpaired) electrons. The summed E-state index contributed by atoms with van der Waals surface area (Å²) in [5.74, 6) is 0. The molecule has 0 fully saturated rings. The fourth-order valence-electron chi connectivity index (χ4n) is 1.39. The van der Waals surface area contributed by atoms with Crippen molar-refractivity contribution in [3.05, 3.63) is 35.1 Å². The third kappa shape index (κ3) is 3.24. The second-order valence-electron chi connectivity index (χ2n) is 3.73. The Balaban J connectivity index is 1.92. The topological polar surface area (TPSA) is 79.8 Å². The summed E-state index contributed by atoms with van der Waals surface area (Å²) in [7, 11) is 0. The number of aromatic nitrogens is 3. The van der Waals surface area contributed by atoms with E-state index in [0.717, 1.165) is 10.6 Å². The van der Waals surface area contributed by atoms with Gasteiger partial charge in [-0.05, 0) is 25.5 Å². The molecule has 0 spiro atoms. The van der Waals surface area contributed by atoms with Crippen LogP contribution in [0.1, 0.15) is 23.5 Å². The van der Waals surface area contributed by atoms with Crippen molar-refractivity contribution in [3.63, 3.8) is 0 Å². The van der Waals surface area contributed by atoms with E-state index in [4.69, 9.17) is 0 Å². The van der Waals surface area contributed by atoms with Gasteiger partial charge in [0, 0.05) is 12.4 Å². The van der Waals surface area contributed by atoms with Crippen LogP contribution in [0, 0.1) is 6.92 Å². The Morgan fingerprint density at radius 3 is 2.89 bits per heavy atom. The second-order valence-corrected chi connectivity index (χ2v) is 4.91. The van der Waals surface area contributed by atoms with Crippen molar-refractivity contribution in [2.45, 2.75) is 19.9 Å². The van der Waals surface area contributed by atoms with Crippen molar-refractivity contribution in [3.8, 4) is 0 Å². The van der Waals surface area contributed by atoms with Gasteiger partial charge in [-0.1, -0.05) is 17.4 Å². The standard InChI is InChI=1S/C11H13N5OS/c1-7(9-4-3-5-12-6-9)13-10(17)14-11-16-15-8(2)18-11/h3-7H,1-2H3,(H2,13,14,16,17).